The Morgan fingerprint density at radius 3 is 2.55 bits per heavy atom. The molecule has 0 aromatic heterocycles. The van der Waals surface area contributed by atoms with Gasteiger partial charge in [0.2, 0.25) is 10.0 Å². The van der Waals surface area contributed by atoms with Gasteiger partial charge in [0.1, 0.15) is 4.90 Å². The summed E-state index contributed by atoms with van der Waals surface area (Å²) < 4.78 is 26.7. The first-order valence-electron chi connectivity index (χ1n) is 6.91. The van der Waals surface area contributed by atoms with Crippen molar-refractivity contribution in [3.05, 3.63) is 28.8 Å². The summed E-state index contributed by atoms with van der Waals surface area (Å²) >= 11 is 6.09. The number of benzene rings is 1. The molecule has 4 nitrogen and oxygen atoms in total. The molecular weight excluding hydrogens is 296 g/mol. The van der Waals surface area contributed by atoms with E-state index in [4.69, 9.17) is 17.3 Å². The number of rotatable bonds is 4. The Kier molecular flexibility index (Phi) is 5.07. The molecule has 0 unspecified atom stereocenters. The summed E-state index contributed by atoms with van der Waals surface area (Å²) in [5.41, 5.74) is 6.51. The molecule has 0 aliphatic carbocycles. The minimum atomic E-state index is -3.48. The molecule has 1 aromatic rings. The first-order chi connectivity index (χ1) is 9.45. The van der Waals surface area contributed by atoms with Crippen LogP contribution in [0.4, 0.5) is 0 Å². The van der Waals surface area contributed by atoms with Crippen LogP contribution in [0.1, 0.15) is 24.8 Å². The predicted molar refractivity (Wildman–Crippen MR) is 81.3 cm³/mol. The largest absolute Gasteiger partial charge is 0.330 e. The van der Waals surface area contributed by atoms with Gasteiger partial charge in [-0.05, 0) is 56.3 Å². The summed E-state index contributed by atoms with van der Waals surface area (Å²) in [6, 6.07) is 5.06. The smallest absolute Gasteiger partial charge is 0.244 e. The van der Waals surface area contributed by atoms with Gasteiger partial charge < -0.3 is 5.73 Å². The lowest BCUT2D eigenvalue weighted by molar-refractivity contribution is 0.266. The van der Waals surface area contributed by atoms with Crippen LogP contribution in [0.3, 0.4) is 0 Å². The van der Waals surface area contributed by atoms with Crippen molar-refractivity contribution in [2.75, 3.05) is 19.6 Å². The molecule has 0 spiro atoms. The highest BCUT2D eigenvalue weighted by Gasteiger charge is 2.30. The molecule has 1 heterocycles. The second kappa shape index (κ2) is 6.43. The molecule has 0 amide bonds. The zero-order valence-corrected chi connectivity index (χ0v) is 13.3. The van der Waals surface area contributed by atoms with Gasteiger partial charge in [0.25, 0.3) is 0 Å². The van der Waals surface area contributed by atoms with E-state index in [1.807, 2.05) is 6.92 Å². The quantitative estimate of drug-likeness (QED) is 0.927. The molecule has 0 radical (unpaired) electrons. The Hall–Kier alpha value is -0.620. The molecule has 2 N–H and O–H groups in total. The van der Waals surface area contributed by atoms with Crippen LogP contribution < -0.4 is 5.73 Å². The van der Waals surface area contributed by atoms with Gasteiger partial charge in [0.15, 0.2) is 0 Å². The first kappa shape index (κ1) is 15.8. The maximum atomic E-state index is 12.6. The minimum Gasteiger partial charge on any atom is -0.330 e. The number of nitrogens with zero attached hydrogens (tertiary/aromatic N) is 1. The van der Waals surface area contributed by atoms with E-state index in [9.17, 15) is 8.42 Å². The Balaban J connectivity index is 2.15. The highest BCUT2D eigenvalue weighted by atomic mass is 35.5. The molecule has 1 aliphatic rings. The van der Waals surface area contributed by atoms with Crippen molar-refractivity contribution in [2.45, 2.75) is 31.1 Å². The second-order valence-corrected chi connectivity index (χ2v) is 7.67. The van der Waals surface area contributed by atoms with Crippen molar-refractivity contribution in [3.63, 3.8) is 0 Å². The highest BCUT2D eigenvalue weighted by Crippen LogP contribution is 2.29. The number of hydrogen-bond donors (Lipinski definition) is 1. The van der Waals surface area contributed by atoms with Crippen LogP contribution in [0.5, 0.6) is 0 Å². The molecule has 1 aromatic carbocycles. The summed E-state index contributed by atoms with van der Waals surface area (Å²) in [5.74, 6) is 0.542. The maximum Gasteiger partial charge on any atom is 0.244 e. The lowest BCUT2D eigenvalue weighted by atomic mass is 9.95. The van der Waals surface area contributed by atoms with Crippen LogP contribution in [0.2, 0.25) is 5.02 Å². The fraction of sp³-hybridized carbons (Fsp3) is 0.571. The van der Waals surface area contributed by atoms with Crippen molar-refractivity contribution in [3.8, 4) is 0 Å². The third-order valence-corrected chi connectivity index (χ3v) is 6.24. The van der Waals surface area contributed by atoms with Crippen molar-refractivity contribution in [2.24, 2.45) is 11.7 Å². The van der Waals surface area contributed by atoms with Crippen LogP contribution in [0.25, 0.3) is 0 Å². The number of nitrogens with two attached hydrogens (primary N) is 1. The molecule has 1 fully saturated rings. The highest BCUT2D eigenvalue weighted by molar-refractivity contribution is 7.89. The molecular formula is C14H21ClN2O2S. The monoisotopic (exact) mass is 316 g/mol. The maximum absolute atomic E-state index is 12.6. The summed E-state index contributed by atoms with van der Waals surface area (Å²) in [6.07, 6.45) is 2.72. The number of sulfonamides is 1. The Bertz CT molecular complexity index is 567. The van der Waals surface area contributed by atoms with Crippen molar-refractivity contribution >= 4 is 21.6 Å². The average Bonchev–Trinajstić information content (AvgIpc) is 2.39. The van der Waals surface area contributed by atoms with Gasteiger partial charge in [-0.25, -0.2) is 8.42 Å². The van der Waals surface area contributed by atoms with E-state index in [0.29, 0.717) is 30.6 Å². The fourth-order valence-electron chi connectivity index (χ4n) is 2.63. The zero-order valence-electron chi connectivity index (χ0n) is 11.7. The molecule has 6 heteroatoms. The van der Waals surface area contributed by atoms with Crippen molar-refractivity contribution < 1.29 is 8.42 Å². The molecule has 0 atom stereocenters. The van der Waals surface area contributed by atoms with Crippen molar-refractivity contribution in [1.82, 2.24) is 4.31 Å². The Labute approximate surface area is 126 Å². The fourth-order valence-corrected chi connectivity index (χ4v) is 4.67. The van der Waals surface area contributed by atoms with Crippen molar-refractivity contribution in [1.29, 1.82) is 0 Å². The normalized spacial score (nSPS) is 18.4. The van der Waals surface area contributed by atoms with Gasteiger partial charge in [-0.15, -0.1) is 0 Å². The molecule has 1 saturated heterocycles. The van der Waals surface area contributed by atoms with E-state index in [2.05, 4.69) is 0 Å². The average molecular weight is 317 g/mol. The van der Waals surface area contributed by atoms with Crippen LogP contribution >= 0.6 is 11.6 Å². The molecule has 0 saturated carbocycles. The molecule has 112 valence electrons. The van der Waals surface area contributed by atoms with Gasteiger partial charge in [-0.3, -0.25) is 0 Å². The SMILES string of the molecule is Cc1ccc(S(=O)(=O)N2CCC(CCN)CC2)c(Cl)c1. The van der Waals surface area contributed by atoms with Crippen LogP contribution in [-0.2, 0) is 10.0 Å². The van der Waals surface area contributed by atoms with Gasteiger partial charge in [-0.1, -0.05) is 17.7 Å². The third-order valence-electron chi connectivity index (χ3n) is 3.85. The zero-order chi connectivity index (χ0) is 14.8. The lowest BCUT2D eigenvalue weighted by Gasteiger charge is -2.31. The summed E-state index contributed by atoms with van der Waals surface area (Å²) in [7, 11) is -3.48. The van der Waals surface area contributed by atoms with E-state index in [-0.39, 0.29) is 4.90 Å². The predicted octanol–water partition coefficient (Wildman–Crippen LogP) is 2.40. The number of halogens is 1. The molecule has 2 rings (SSSR count). The van der Waals surface area contributed by atoms with E-state index in [1.54, 1.807) is 18.2 Å². The Morgan fingerprint density at radius 2 is 2.00 bits per heavy atom. The van der Waals surface area contributed by atoms with E-state index >= 15 is 0 Å². The summed E-state index contributed by atoms with van der Waals surface area (Å²) in [6.45, 7) is 3.66. The van der Waals surface area contributed by atoms with Gasteiger partial charge >= 0.3 is 0 Å². The number of hydrogen-bond acceptors (Lipinski definition) is 3. The Morgan fingerprint density at radius 1 is 1.35 bits per heavy atom. The molecule has 1 aliphatic heterocycles. The van der Waals surface area contributed by atoms with Gasteiger partial charge in [0.05, 0.1) is 5.02 Å². The second-order valence-electron chi connectivity index (χ2n) is 5.36. The molecule has 0 bridgehead atoms. The van der Waals surface area contributed by atoms with E-state index in [0.717, 1.165) is 24.8 Å². The van der Waals surface area contributed by atoms with Crippen LogP contribution in [0, 0.1) is 12.8 Å². The summed E-state index contributed by atoms with van der Waals surface area (Å²) in [5, 5.41) is 0.300. The van der Waals surface area contributed by atoms with E-state index in [1.165, 1.54) is 4.31 Å². The third kappa shape index (κ3) is 3.34. The van der Waals surface area contributed by atoms with Gasteiger partial charge in [0, 0.05) is 13.1 Å². The molecule has 20 heavy (non-hydrogen) atoms. The summed E-state index contributed by atoms with van der Waals surface area (Å²) in [4.78, 5) is 0.210. The topological polar surface area (TPSA) is 63.4 Å². The van der Waals surface area contributed by atoms with E-state index < -0.39 is 10.0 Å². The lowest BCUT2D eigenvalue weighted by Crippen LogP contribution is -2.38. The minimum absolute atomic E-state index is 0.210. The first-order valence-corrected chi connectivity index (χ1v) is 8.73. The van der Waals surface area contributed by atoms with Crippen LogP contribution in [0.15, 0.2) is 23.1 Å². The number of piperidine rings is 1. The standard InChI is InChI=1S/C14H21ClN2O2S/c1-11-2-3-14(13(15)10-11)20(18,19)17-8-5-12(4-7-16)6-9-17/h2-3,10,12H,4-9,16H2,1H3. The number of aryl methyl sites for hydroxylation is 1. The van der Waals surface area contributed by atoms with Gasteiger partial charge in [-0.2, -0.15) is 4.31 Å². The van der Waals surface area contributed by atoms with Crippen LogP contribution in [-0.4, -0.2) is 32.4 Å².